The van der Waals surface area contributed by atoms with Crippen LogP contribution >= 0.6 is 11.8 Å². The van der Waals surface area contributed by atoms with Crippen LogP contribution in [-0.2, 0) is 16.1 Å². The molecule has 2 aromatic rings. The molecule has 0 aliphatic carbocycles. The lowest BCUT2D eigenvalue weighted by molar-refractivity contribution is -0.144. The quantitative estimate of drug-likeness (QED) is 0.533. The van der Waals surface area contributed by atoms with Crippen molar-refractivity contribution in [2.45, 2.75) is 51.5 Å². The molecule has 5 nitrogen and oxygen atoms in total. The van der Waals surface area contributed by atoms with E-state index in [-0.39, 0.29) is 29.1 Å². The Balaban J connectivity index is 1.77. The number of hydrogen-bond donors (Lipinski definition) is 2. The number of phenolic OH excluding ortho intramolecular Hbond substituents is 1. The molecule has 0 amide bonds. The topological polar surface area (TPSA) is 67.8 Å². The first-order chi connectivity index (χ1) is 15.2. The fraction of sp³-hybridized carbons (Fsp3) is 0.346. The van der Waals surface area contributed by atoms with Crippen LogP contribution in [0, 0.1) is 0 Å². The van der Waals surface area contributed by atoms with Crippen molar-refractivity contribution in [3.8, 4) is 22.6 Å². The van der Waals surface area contributed by atoms with Crippen molar-refractivity contribution in [3.05, 3.63) is 58.5 Å². The molecule has 32 heavy (non-hydrogen) atoms. The number of carbonyl (C=O) groups is 1. The summed E-state index contributed by atoms with van der Waals surface area (Å²) in [6.07, 6.45) is 4.97. The molecule has 0 spiro atoms. The first-order valence-electron chi connectivity index (χ1n) is 10.7. The number of ether oxygens (including phenoxy) is 2. The molecule has 0 fully saturated rings. The van der Waals surface area contributed by atoms with Gasteiger partial charge in [-0.25, -0.2) is 0 Å². The molecule has 0 radical (unpaired) electrons. The van der Waals surface area contributed by atoms with Crippen LogP contribution < -0.4 is 10.1 Å². The number of fused-ring (bicyclic) bond motifs is 1. The maximum absolute atomic E-state index is 12.8. The lowest BCUT2D eigenvalue weighted by atomic mass is 9.85. The van der Waals surface area contributed by atoms with Crippen LogP contribution in [-0.4, -0.2) is 29.0 Å². The first kappa shape index (κ1) is 22.3. The molecule has 168 valence electrons. The molecular formula is C26H29NO4S. The Hall–Kier alpha value is -2.86. The Morgan fingerprint density at radius 3 is 2.66 bits per heavy atom. The molecule has 2 N–H and O–H groups in total. The monoisotopic (exact) mass is 451 g/mol. The molecular weight excluding hydrogens is 422 g/mol. The number of hydrogen-bond acceptors (Lipinski definition) is 6. The maximum Gasteiger partial charge on any atom is 0.320 e. The van der Waals surface area contributed by atoms with Gasteiger partial charge < -0.3 is 19.9 Å². The van der Waals surface area contributed by atoms with Crippen LogP contribution in [0.4, 0.5) is 5.69 Å². The van der Waals surface area contributed by atoms with Crippen molar-refractivity contribution in [2.24, 2.45) is 0 Å². The molecule has 4 rings (SSSR count). The van der Waals surface area contributed by atoms with Gasteiger partial charge in [-0.15, -0.1) is 11.8 Å². The van der Waals surface area contributed by atoms with Gasteiger partial charge in [0.25, 0.3) is 0 Å². The summed E-state index contributed by atoms with van der Waals surface area (Å²) in [4.78, 5) is 13.9. The van der Waals surface area contributed by atoms with Gasteiger partial charge in [0.1, 0.15) is 23.4 Å². The molecule has 2 aliphatic rings. The molecule has 1 unspecified atom stereocenters. The minimum atomic E-state index is -0.199. The van der Waals surface area contributed by atoms with Crippen LogP contribution in [0.5, 0.6) is 11.5 Å². The van der Waals surface area contributed by atoms with Crippen molar-refractivity contribution in [1.29, 1.82) is 0 Å². The number of benzene rings is 2. The Labute approximate surface area is 193 Å². The van der Waals surface area contributed by atoms with Gasteiger partial charge in [-0.2, -0.15) is 0 Å². The Bertz CT molecular complexity index is 1130. The van der Waals surface area contributed by atoms with E-state index < -0.39 is 0 Å². The van der Waals surface area contributed by atoms with E-state index in [0.29, 0.717) is 12.2 Å². The van der Waals surface area contributed by atoms with Gasteiger partial charge in [-0.05, 0) is 68.4 Å². The molecule has 0 bridgehead atoms. The summed E-state index contributed by atoms with van der Waals surface area (Å²) in [5.74, 6) is 0.502. The van der Waals surface area contributed by atoms with Crippen LogP contribution in [0.2, 0.25) is 0 Å². The third-order valence-corrected chi connectivity index (χ3v) is 6.99. The molecule has 0 saturated heterocycles. The highest BCUT2D eigenvalue weighted by atomic mass is 32.2. The predicted molar refractivity (Wildman–Crippen MR) is 131 cm³/mol. The van der Waals surface area contributed by atoms with Gasteiger partial charge in [0.15, 0.2) is 0 Å². The summed E-state index contributed by atoms with van der Waals surface area (Å²) >= 11 is 1.56. The lowest BCUT2D eigenvalue weighted by Crippen LogP contribution is -2.32. The van der Waals surface area contributed by atoms with Gasteiger partial charge in [0.2, 0.25) is 0 Å². The summed E-state index contributed by atoms with van der Waals surface area (Å²) in [6, 6.07) is 9.15. The SMILES string of the molecule is COc1cc(O)ccc1-c1ccc2c(c1COC(=O)C1CC=C(C)S1)C(C)=CC(C)(C)N2. The zero-order valence-electron chi connectivity index (χ0n) is 19.1. The molecule has 0 aromatic heterocycles. The van der Waals surface area contributed by atoms with Gasteiger partial charge in [0, 0.05) is 28.4 Å². The summed E-state index contributed by atoms with van der Waals surface area (Å²) in [7, 11) is 1.58. The van der Waals surface area contributed by atoms with Crippen LogP contribution in [0.15, 0.2) is 47.4 Å². The van der Waals surface area contributed by atoms with Crippen LogP contribution in [0.25, 0.3) is 16.7 Å². The second-order valence-corrected chi connectivity index (χ2v) is 10.3. The van der Waals surface area contributed by atoms with E-state index in [9.17, 15) is 9.90 Å². The average molecular weight is 452 g/mol. The minimum Gasteiger partial charge on any atom is -0.508 e. The highest BCUT2D eigenvalue weighted by Gasteiger charge is 2.29. The normalized spacial score (nSPS) is 18.8. The van der Waals surface area contributed by atoms with Gasteiger partial charge in [-0.3, -0.25) is 4.79 Å². The number of carbonyl (C=O) groups excluding carboxylic acids is 1. The summed E-state index contributed by atoms with van der Waals surface area (Å²) in [5, 5.41) is 13.3. The maximum atomic E-state index is 12.8. The van der Waals surface area contributed by atoms with E-state index in [0.717, 1.165) is 38.4 Å². The third kappa shape index (κ3) is 4.37. The van der Waals surface area contributed by atoms with E-state index >= 15 is 0 Å². The molecule has 6 heteroatoms. The van der Waals surface area contributed by atoms with Crippen molar-refractivity contribution in [2.75, 3.05) is 12.4 Å². The lowest BCUT2D eigenvalue weighted by Gasteiger charge is -2.33. The Kier molecular flexibility index (Phi) is 5.99. The highest BCUT2D eigenvalue weighted by molar-refractivity contribution is 8.04. The van der Waals surface area contributed by atoms with Crippen molar-refractivity contribution < 1.29 is 19.4 Å². The van der Waals surface area contributed by atoms with Gasteiger partial charge in [-0.1, -0.05) is 18.2 Å². The first-order valence-corrected chi connectivity index (χ1v) is 11.6. The zero-order chi connectivity index (χ0) is 23.0. The molecule has 2 aromatic carbocycles. The second kappa shape index (κ2) is 8.58. The Morgan fingerprint density at radius 1 is 1.22 bits per heavy atom. The zero-order valence-corrected chi connectivity index (χ0v) is 19.9. The molecule has 1 atom stereocenters. The summed E-state index contributed by atoms with van der Waals surface area (Å²) < 4.78 is 11.4. The molecule has 0 saturated carbocycles. The smallest absolute Gasteiger partial charge is 0.320 e. The van der Waals surface area contributed by atoms with E-state index in [1.165, 1.54) is 0 Å². The Morgan fingerprint density at radius 2 is 1.97 bits per heavy atom. The van der Waals surface area contributed by atoms with Crippen LogP contribution in [0.1, 0.15) is 45.2 Å². The summed E-state index contributed by atoms with van der Waals surface area (Å²) in [5.41, 5.74) is 5.67. The fourth-order valence-corrected chi connectivity index (χ4v) is 5.48. The predicted octanol–water partition coefficient (Wildman–Crippen LogP) is 6.13. The number of thioether (sulfide) groups is 1. The number of methoxy groups -OCH3 is 1. The largest absolute Gasteiger partial charge is 0.508 e. The van der Waals surface area contributed by atoms with E-state index in [2.05, 4.69) is 44.3 Å². The number of esters is 1. The number of rotatable bonds is 5. The number of allylic oxidation sites excluding steroid dienone is 3. The van der Waals surface area contributed by atoms with E-state index in [4.69, 9.17) is 9.47 Å². The number of anilines is 1. The second-order valence-electron chi connectivity index (χ2n) is 8.84. The van der Waals surface area contributed by atoms with E-state index in [1.807, 2.05) is 19.1 Å². The summed E-state index contributed by atoms with van der Waals surface area (Å²) in [6.45, 7) is 8.52. The van der Waals surface area contributed by atoms with Gasteiger partial charge in [0.05, 0.1) is 12.6 Å². The third-order valence-electron chi connectivity index (χ3n) is 5.79. The molecule has 2 aliphatic heterocycles. The fourth-order valence-electron chi connectivity index (χ4n) is 4.48. The number of aromatic hydroxyl groups is 1. The van der Waals surface area contributed by atoms with Gasteiger partial charge >= 0.3 is 5.97 Å². The number of nitrogens with one attached hydrogen (secondary N) is 1. The average Bonchev–Trinajstić information content (AvgIpc) is 3.17. The van der Waals surface area contributed by atoms with Crippen molar-refractivity contribution in [3.63, 3.8) is 0 Å². The minimum absolute atomic E-state index is 0.136. The standard InChI is InChI=1S/C26H29NO4S/c1-15-13-26(3,4)27-21-10-9-18(19-8-7-17(28)12-22(19)30-5)20(24(15)21)14-31-25(29)23-11-6-16(2)32-23/h6-10,12-13,23,27-28H,11,14H2,1-5H3. The van der Waals surface area contributed by atoms with Crippen molar-refractivity contribution in [1.82, 2.24) is 0 Å². The van der Waals surface area contributed by atoms with Crippen LogP contribution in [0.3, 0.4) is 0 Å². The highest BCUT2D eigenvalue weighted by Crippen LogP contribution is 2.43. The number of phenols is 1. The van der Waals surface area contributed by atoms with E-state index in [1.54, 1.807) is 31.0 Å². The molecule has 2 heterocycles. The van der Waals surface area contributed by atoms with Crippen molar-refractivity contribution >= 4 is 29.0 Å².